The van der Waals surface area contributed by atoms with E-state index in [1.807, 2.05) is 38.1 Å². The van der Waals surface area contributed by atoms with E-state index in [4.69, 9.17) is 14.2 Å². The molecular weight excluding hydrogens is 579 g/mol. The molecule has 1 heterocycles. The number of hydrogen-bond acceptors (Lipinski definition) is 5. The smallest absolute Gasteiger partial charge is 0.338 e. The van der Waals surface area contributed by atoms with Crippen molar-refractivity contribution in [3.8, 4) is 0 Å². The van der Waals surface area contributed by atoms with E-state index in [1.54, 1.807) is 6.92 Å². The fourth-order valence-electron chi connectivity index (χ4n) is 9.91. The predicted octanol–water partition coefficient (Wildman–Crippen LogP) is 6.95. The first-order valence-corrected chi connectivity index (χ1v) is 15.3. The summed E-state index contributed by atoms with van der Waals surface area (Å²) in [6.45, 7) is 10.5. The molecule has 0 spiro atoms. The van der Waals surface area contributed by atoms with Gasteiger partial charge in [-0.3, -0.25) is 4.79 Å². The van der Waals surface area contributed by atoms with Gasteiger partial charge in [0.05, 0.1) is 11.7 Å². The number of halogens is 1. The van der Waals surface area contributed by atoms with Crippen LogP contribution in [0.1, 0.15) is 96.3 Å². The third-order valence-electron chi connectivity index (χ3n) is 11.5. The molecule has 5 nitrogen and oxygen atoms in total. The van der Waals surface area contributed by atoms with E-state index in [0.29, 0.717) is 29.2 Å². The van der Waals surface area contributed by atoms with Crippen molar-refractivity contribution >= 4 is 34.3 Å². The monoisotopic (exact) mass is 620 g/mol. The second kappa shape index (κ2) is 8.76. The Morgan fingerprint density at radius 3 is 2.51 bits per heavy atom. The van der Waals surface area contributed by atoms with Gasteiger partial charge in [-0.1, -0.05) is 19.9 Å². The quantitative estimate of drug-likeness (QED) is 0.271. The van der Waals surface area contributed by atoms with Crippen LogP contribution >= 0.6 is 22.6 Å². The predicted molar refractivity (Wildman–Crippen MR) is 149 cm³/mol. The lowest BCUT2D eigenvalue weighted by atomic mass is 9.44. The van der Waals surface area contributed by atoms with Crippen LogP contribution in [0.2, 0.25) is 0 Å². The highest BCUT2D eigenvalue weighted by molar-refractivity contribution is 14.1. The number of Topliss-reactive ketones (excluding diaryl/α,β-unsaturated/α-hetero) is 1. The number of ether oxygens (including phenoxy) is 3. The van der Waals surface area contributed by atoms with Gasteiger partial charge < -0.3 is 14.2 Å². The van der Waals surface area contributed by atoms with Crippen LogP contribution in [0.3, 0.4) is 0 Å². The van der Waals surface area contributed by atoms with Crippen molar-refractivity contribution in [1.29, 1.82) is 0 Å². The van der Waals surface area contributed by atoms with E-state index in [9.17, 15) is 9.59 Å². The molecule has 4 saturated carbocycles. The van der Waals surface area contributed by atoms with Gasteiger partial charge in [-0.25, -0.2) is 4.79 Å². The van der Waals surface area contributed by atoms with E-state index in [2.05, 4.69) is 36.4 Å². The fraction of sp³-hybridized carbons (Fsp3) is 0.742. The van der Waals surface area contributed by atoms with Gasteiger partial charge in [-0.2, -0.15) is 0 Å². The zero-order valence-electron chi connectivity index (χ0n) is 22.8. The number of esters is 1. The maximum atomic E-state index is 13.2. The normalized spacial score (nSPS) is 45.8. The van der Waals surface area contributed by atoms with Gasteiger partial charge in [0.2, 0.25) is 0 Å². The van der Waals surface area contributed by atoms with Gasteiger partial charge in [0.1, 0.15) is 6.10 Å². The molecule has 0 aromatic heterocycles. The number of benzene rings is 1. The molecule has 5 fully saturated rings. The second-order valence-corrected chi connectivity index (χ2v) is 14.8. The van der Waals surface area contributed by atoms with E-state index in [-0.39, 0.29) is 34.8 Å². The maximum Gasteiger partial charge on any atom is 0.338 e. The summed E-state index contributed by atoms with van der Waals surface area (Å²) in [7, 11) is 0. The lowest BCUT2D eigenvalue weighted by Crippen LogP contribution is -2.60. The Kier molecular flexibility index (Phi) is 6.21. The fourth-order valence-corrected chi connectivity index (χ4v) is 10.5. The molecule has 1 aliphatic heterocycles. The van der Waals surface area contributed by atoms with Gasteiger partial charge in [0.15, 0.2) is 17.2 Å². The molecule has 0 amide bonds. The van der Waals surface area contributed by atoms with Gasteiger partial charge in [0.25, 0.3) is 0 Å². The van der Waals surface area contributed by atoms with Crippen LogP contribution in [-0.4, -0.2) is 35.3 Å². The van der Waals surface area contributed by atoms with Gasteiger partial charge in [-0.05, 0) is 142 Å². The molecule has 1 aromatic carbocycles. The Labute approximate surface area is 234 Å². The zero-order valence-corrected chi connectivity index (χ0v) is 25.0. The molecule has 1 saturated heterocycles. The Balaban J connectivity index is 1.19. The average molecular weight is 621 g/mol. The van der Waals surface area contributed by atoms with Crippen molar-refractivity contribution in [3.05, 3.63) is 33.4 Å². The van der Waals surface area contributed by atoms with Crippen LogP contribution in [0, 0.1) is 38.1 Å². The molecule has 0 radical (unpaired) electrons. The average Bonchev–Trinajstić information content (AvgIpc) is 3.25. The molecule has 6 rings (SSSR count). The summed E-state index contributed by atoms with van der Waals surface area (Å²) in [6, 6.07) is 7.66. The van der Waals surface area contributed by atoms with Crippen LogP contribution in [0.15, 0.2) is 24.3 Å². The first-order valence-electron chi connectivity index (χ1n) is 14.3. The standard InChI is InChI=1S/C31H41IO5/c1-18(33)31-26(36-28(2,3)37-31)17-25-23-10-9-20-16-22(35-27(34)19-7-6-8-21(32)15-19)11-13-29(20,4)24(23)12-14-30(25,31)5/h6-8,15,20,22-26H,9-14,16-17H2,1-5H3/t20-,22+,23+,24-,25+,26+,29-,30-,31+/m0/s1. The van der Waals surface area contributed by atoms with Crippen LogP contribution in [0.4, 0.5) is 0 Å². The highest BCUT2D eigenvalue weighted by atomic mass is 127. The maximum absolute atomic E-state index is 13.2. The number of rotatable bonds is 3. The molecule has 9 atom stereocenters. The Bertz CT molecular complexity index is 1120. The SMILES string of the molecule is CC(=O)[C@@]12OC(C)(C)O[C@@H]1C[C@@H]1[C@@H]3CC[C@H]4C[C@H](OC(=O)c5cccc(I)c5)CC[C@]4(C)[C@H]3CC[C@@]12C. The summed E-state index contributed by atoms with van der Waals surface area (Å²) in [5, 5.41) is 0. The van der Waals surface area contributed by atoms with E-state index in [1.165, 1.54) is 12.8 Å². The molecule has 0 N–H and O–H groups in total. The minimum Gasteiger partial charge on any atom is -0.459 e. The minimum atomic E-state index is -0.814. The minimum absolute atomic E-state index is 0.00435. The number of hydrogen-bond donors (Lipinski definition) is 0. The van der Waals surface area contributed by atoms with Crippen molar-refractivity contribution in [2.24, 2.45) is 34.5 Å². The first kappa shape index (κ1) is 26.2. The number of fused-ring (bicyclic) bond motifs is 7. The summed E-state index contributed by atoms with van der Waals surface area (Å²) in [4.78, 5) is 26.1. The molecular formula is C31H41IO5. The molecule has 4 aliphatic carbocycles. The van der Waals surface area contributed by atoms with E-state index in [0.717, 1.165) is 42.1 Å². The number of carbonyl (C=O) groups is 2. The highest BCUT2D eigenvalue weighted by Crippen LogP contribution is 2.71. The summed E-state index contributed by atoms with van der Waals surface area (Å²) < 4.78 is 20.1. The largest absolute Gasteiger partial charge is 0.459 e. The molecule has 6 heteroatoms. The molecule has 0 unspecified atom stereocenters. The third kappa shape index (κ3) is 3.81. The third-order valence-corrected chi connectivity index (χ3v) is 12.1. The van der Waals surface area contributed by atoms with Crippen molar-refractivity contribution < 1.29 is 23.8 Å². The van der Waals surface area contributed by atoms with Gasteiger partial charge >= 0.3 is 5.97 Å². The molecule has 5 aliphatic rings. The van der Waals surface area contributed by atoms with Gasteiger partial charge in [-0.15, -0.1) is 0 Å². The lowest BCUT2D eigenvalue weighted by Gasteiger charge is -2.61. The van der Waals surface area contributed by atoms with Crippen molar-refractivity contribution in [2.45, 2.75) is 110 Å². The Morgan fingerprint density at radius 2 is 1.78 bits per heavy atom. The Morgan fingerprint density at radius 1 is 1.00 bits per heavy atom. The summed E-state index contributed by atoms with van der Waals surface area (Å²) >= 11 is 2.24. The molecule has 202 valence electrons. The van der Waals surface area contributed by atoms with Gasteiger partial charge in [0, 0.05) is 8.99 Å². The Hall–Kier alpha value is -0.990. The summed E-state index contributed by atoms with van der Waals surface area (Å²) in [5.74, 6) is 1.51. The summed E-state index contributed by atoms with van der Waals surface area (Å²) in [6.07, 6.45) is 8.32. The zero-order chi connectivity index (χ0) is 26.4. The van der Waals surface area contributed by atoms with Crippen LogP contribution < -0.4 is 0 Å². The number of carbonyl (C=O) groups excluding carboxylic acids is 2. The van der Waals surface area contributed by atoms with Crippen LogP contribution in [-0.2, 0) is 19.0 Å². The first-order chi connectivity index (χ1) is 17.4. The van der Waals surface area contributed by atoms with E-state index < -0.39 is 11.4 Å². The van der Waals surface area contributed by atoms with Crippen LogP contribution in [0.5, 0.6) is 0 Å². The number of ketones is 1. The van der Waals surface area contributed by atoms with Crippen LogP contribution in [0.25, 0.3) is 0 Å². The molecule has 0 bridgehead atoms. The lowest BCUT2D eigenvalue weighted by molar-refractivity contribution is -0.219. The molecule has 1 aromatic rings. The second-order valence-electron chi connectivity index (χ2n) is 13.6. The van der Waals surface area contributed by atoms with Crippen molar-refractivity contribution in [1.82, 2.24) is 0 Å². The van der Waals surface area contributed by atoms with Crippen molar-refractivity contribution in [3.63, 3.8) is 0 Å². The topological polar surface area (TPSA) is 61.8 Å². The highest BCUT2D eigenvalue weighted by Gasteiger charge is 2.75. The van der Waals surface area contributed by atoms with E-state index >= 15 is 0 Å². The molecule has 37 heavy (non-hydrogen) atoms. The summed E-state index contributed by atoms with van der Waals surface area (Å²) in [5.41, 5.74) is -0.0847. The van der Waals surface area contributed by atoms with Crippen molar-refractivity contribution in [2.75, 3.05) is 0 Å².